The number of aromatic nitrogens is 2. The van der Waals surface area contributed by atoms with Crippen molar-refractivity contribution in [3.63, 3.8) is 0 Å². The van der Waals surface area contributed by atoms with E-state index in [0.717, 1.165) is 13.0 Å². The van der Waals surface area contributed by atoms with Crippen LogP contribution in [0.3, 0.4) is 0 Å². The fourth-order valence-electron chi connectivity index (χ4n) is 1.05. The highest BCUT2D eigenvalue weighted by Gasteiger charge is 2.04. The fraction of sp³-hybridized carbons (Fsp3) is 0.625. The molecule has 62 valence electrons. The zero-order valence-electron chi connectivity index (χ0n) is 7.03. The van der Waals surface area contributed by atoms with Gasteiger partial charge in [0.05, 0.1) is 6.33 Å². The Hall–Kier alpha value is -0.830. The largest absolute Gasteiger partial charge is 0.358 e. The molecule has 0 aliphatic rings. The van der Waals surface area contributed by atoms with Gasteiger partial charge in [0.1, 0.15) is 6.23 Å². The molecule has 1 unspecified atom stereocenters. The Morgan fingerprint density at radius 1 is 1.55 bits per heavy atom. The summed E-state index contributed by atoms with van der Waals surface area (Å²) in [5.74, 6) is 0. The lowest BCUT2D eigenvalue weighted by molar-refractivity contribution is 0.00761. The number of imidazole rings is 1. The van der Waals surface area contributed by atoms with Crippen molar-refractivity contribution < 1.29 is 4.74 Å². The third kappa shape index (κ3) is 2.05. The molecule has 0 aromatic carbocycles. The summed E-state index contributed by atoms with van der Waals surface area (Å²) in [5, 5.41) is 0. The Kier molecular flexibility index (Phi) is 3.11. The number of ether oxygens (including phenoxy) is 1. The van der Waals surface area contributed by atoms with Gasteiger partial charge in [-0.15, -0.1) is 0 Å². The van der Waals surface area contributed by atoms with Gasteiger partial charge in [0.2, 0.25) is 0 Å². The first-order valence-electron chi connectivity index (χ1n) is 3.97. The van der Waals surface area contributed by atoms with E-state index >= 15 is 0 Å². The van der Waals surface area contributed by atoms with E-state index in [1.165, 1.54) is 0 Å². The van der Waals surface area contributed by atoms with E-state index in [2.05, 4.69) is 11.9 Å². The van der Waals surface area contributed by atoms with Crippen LogP contribution in [0.4, 0.5) is 0 Å². The average Bonchev–Trinajstić information content (AvgIpc) is 2.52. The summed E-state index contributed by atoms with van der Waals surface area (Å²) in [5.41, 5.74) is 0. The van der Waals surface area contributed by atoms with E-state index in [-0.39, 0.29) is 6.23 Å². The standard InChI is InChI=1S/C8H14N2O/c1-3-8(11-4-2)10-6-5-9-7-10/h5-8H,3-4H2,1-2H3. The van der Waals surface area contributed by atoms with Crippen LogP contribution in [-0.4, -0.2) is 16.2 Å². The molecule has 0 spiro atoms. The molecule has 1 heterocycles. The lowest BCUT2D eigenvalue weighted by Crippen LogP contribution is -2.09. The van der Waals surface area contributed by atoms with Crippen molar-refractivity contribution in [1.29, 1.82) is 0 Å². The van der Waals surface area contributed by atoms with E-state index in [0.29, 0.717) is 0 Å². The van der Waals surface area contributed by atoms with Crippen LogP contribution in [0, 0.1) is 0 Å². The predicted molar refractivity (Wildman–Crippen MR) is 43.2 cm³/mol. The molecule has 0 radical (unpaired) electrons. The van der Waals surface area contributed by atoms with Crippen molar-refractivity contribution in [3.05, 3.63) is 18.7 Å². The first-order chi connectivity index (χ1) is 5.38. The summed E-state index contributed by atoms with van der Waals surface area (Å²) in [6.07, 6.45) is 6.60. The van der Waals surface area contributed by atoms with Gasteiger partial charge < -0.3 is 9.30 Å². The number of rotatable bonds is 4. The summed E-state index contributed by atoms with van der Waals surface area (Å²) in [4.78, 5) is 3.96. The summed E-state index contributed by atoms with van der Waals surface area (Å²) in [7, 11) is 0. The topological polar surface area (TPSA) is 27.1 Å². The molecule has 1 rings (SSSR count). The van der Waals surface area contributed by atoms with Gasteiger partial charge >= 0.3 is 0 Å². The van der Waals surface area contributed by atoms with E-state index < -0.39 is 0 Å². The maximum Gasteiger partial charge on any atom is 0.134 e. The fourth-order valence-corrected chi connectivity index (χ4v) is 1.05. The normalized spacial score (nSPS) is 13.3. The quantitative estimate of drug-likeness (QED) is 0.661. The highest BCUT2D eigenvalue weighted by Crippen LogP contribution is 2.10. The Bertz CT molecular complexity index is 184. The first-order valence-corrected chi connectivity index (χ1v) is 3.97. The Morgan fingerprint density at radius 2 is 2.36 bits per heavy atom. The maximum absolute atomic E-state index is 5.46. The zero-order chi connectivity index (χ0) is 8.10. The molecule has 0 fully saturated rings. The first kappa shape index (κ1) is 8.27. The molecule has 0 aliphatic heterocycles. The van der Waals surface area contributed by atoms with Crippen molar-refractivity contribution in [3.8, 4) is 0 Å². The van der Waals surface area contributed by atoms with Gasteiger partial charge in [-0.05, 0) is 13.3 Å². The number of hydrogen-bond donors (Lipinski definition) is 0. The van der Waals surface area contributed by atoms with Crippen LogP contribution in [0.2, 0.25) is 0 Å². The SMILES string of the molecule is CCOC(CC)n1ccnc1. The smallest absolute Gasteiger partial charge is 0.134 e. The summed E-state index contributed by atoms with van der Waals surface area (Å²) >= 11 is 0. The number of hydrogen-bond acceptors (Lipinski definition) is 2. The van der Waals surface area contributed by atoms with Crippen LogP contribution in [-0.2, 0) is 4.74 Å². The Balaban J connectivity index is 2.56. The maximum atomic E-state index is 5.46. The highest BCUT2D eigenvalue weighted by atomic mass is 16.5. The highest BCUT2D eigenvalue weighted by molar-refractivity contribution is 4.76. The molecule has 0 N–H and O–H groups in total. The molecular formula is C8H14N2O. The summed E-state index contributed by atoms with van der Waals surface area (Å²) in [6.45, 7) is 4.84. The summed E-state index contributed by atoms with van der Waals surface area (Å²) in [6, 6.07) is 0. The van der Waals surface area contributed by atoms with Crippen LogP contribution in [0.25, 0.3) is 0 Å². The molecule has 1 atom stereocenters. The van der Waals surface area contributed by atoms with E-state index in [4.69, 9.17) is 4.74 Å². The molecular weight excluding hydrogens is 140 g/mol. The molecule has 3 nitrogen and oxygen atoms in total. The van der Waals surface area contributed by atoms with Crippen LogP contribution in [0.1, 0.15) is 26.5 Å². The van der Waals surface area contributed by atoms with Crippen molar-refractivity contribution in [2.45, 2.75) is 26.5 Å². The molecule has 3 heteroatoms. The van der Waals surface area contributed by atoms with Gasteiger partial charge in [0, 0.05) is 19.0 Å². The lowest BCUT2D eigenvalue weighted by atomic mass is 10.4. The van der Waals surface area contributed by atoms with Crippen LogP contribution in [0.5, 0.6) is 0 Å². The monoisotopic (exact) mass is 154 g/mol. The van der Waals surface area contributed by atoms with E-state index in [1.54, 1.807) is 12.5 Å². The minimum Gasteiger partial charge on any atom is -0.358 e. The van der Waals surface area contributed by atoms with Gasteiger partial charge in [-0.1, -0.05) is 6.92 Å². The van der Waals surface area contributed by atoms with Crippen LogP contribution < -0.4 is 0 Å². The van der Waals surface area contributed by atoms with Gasteiger partial charge in [-0.3, -0.25) is 0 Å². The van der Waals surface area contributed by atoms with Crippen LogP contribution in [0.15, 0.2) is 18.7 Å². The lowest BCUT2D eigenvalue weighted by Gasteiger charge is -2.15. The van der Waals surface area contributed by atoms with Gasteiger partial charge in [0.25, 0.3) is 0 Å². The third-order valence-electron chi connectivity index (χ3n) is 1.57. The number of nitrogens with zero attached hydrogens (tertiary/aromatic N) is 2. The third-order valence-corrected chi connectivity index (χ3v) is 1.57. The van der Waals surface area contributed by atoms with Crippen molar-refractivity contribution >= 4 is 0 Å². The Morgan fingerprint density at radius 3 is 2.82 bits per heavy atom. The zero-order valence-corrected chi connectivity index (χ0v) is 7.03. The minimum absolute atomic E-state index is 0.155. The van der Waals surface area contributed by atoms with Gasteiger partial charge in [-0.2, -0.15) is 0 Å². The summed E-state index contributed by atoms with van der Waals surface area (Å²) < 4.78 is 7.43. The van der Waals surface area contributed by atoms with E-state index in [1.807, 2.05) is 17.7 Å². The molecule has 0 bridgehead atoms. The van der Waals surface area contributed by atoms with Crippen LogP contribution >= 0.6 is 0 Å². The average molecular weight is 154 g/mol. The molecule has 11 heavy (non-hydrogen) atoms. The van der Waals surface area contributed by atoms with Gasteiger partial charge in [0.15, 0.2) is 0 Å². The van der Waals surface area contributed by atoms with Crippen molar-refractivity contribution in [1.82, 2.24) is 9.55 Å². The Labute approximate surface area is 67.0 Å². The second kappa shape index (κ2) is 4.13. The predicted octanol–water partition coefficient (Wildman–Crippen LogP) is 1.83. The second-order valence-electron chi connectivity index (χ2n) is 2.33. The van der Waals surface area contributed by atoms with E-state index in [9.17, 15) is 0 Å². The minimum atomic E-state index is 0.155. The van der Waals surface area contributed by atoms with Crippen molar-refractivity contribution in [2.75, 3.05) is 6.61 Å². The van der Waals surface area contributed by atoms with Gasteiger partial charge in [-0.25, -0.2) is 4.98 Å². The molecule has 1 aromatic heterocycles. The molecule has 0 aliphatic carbocycles. The molecule has 1 aromatic rings. The molecule has 0 saturated carbocycles. The van der Waals surface area contributed by atoms with Crippen molar-refractivity contribution in [2.24, 2.45) is 0 Å². The molecule has 0 amide bonds. The second-order valence-corrected chi connectivity index (χ2v) is 2.33. The molecule has 0 saturated heterocycles.